The highest BCUT2D eigenvalue weighted by molar-refractivity contribution is 7.16. The smallest absolute Gasteiger partial charge is 0.362 e. The van der Waals surface area contributed by atoms with E-state index in [1.165, 1.54) is 16.2 Å². The molecule has 2 aliphatic rings. The monoisotopic (exact) mass is 381 g/mol. The molecule has 2 aromatic rings. The van der Waals surface area contributed by atoms with E-state index in [1.807, 2.05) is 30.3 Å². The molecule has 5 nitrogen and oxygen atoms in total. The molecular formula is C21H19NO4S. The topological polar surface area (TPSA) is 65.0 Å². The zero-order valence-electron chi connectivity index (χ0n) is 15.0. The second kappa shape index (κ2) is 7.48. The van der Waals surface area contributed by atoms with Crippen LogP contribution in [0.25, 0.3) is 5.76 Å². The Morgan fingerprint density at radius 1 is 1.22 bits per heavy atom. The number of aryl methyl sites for hydroxylation is 1. The summed E-state index contributed by atoms with van der Waals surface area (Å²) < 4.78 is 10.6. The molecule has 4 rings (SSSR count). The van der Waals surface area contributed by atoms with Crippen LogP contribution in [0.15, 0.2) is 41.4 Å². The molecule has 0 spiro atoms. The third-order valence-corrected chi connectivity index (χ3v) is 5.78. The van der Waals surface area contributed by atoms with E-state index >= 15 is 0 Å². The van der Waals surface area contributed by atoms with Gasteiger partial charge in [0.2, 0.25) is 0 Å². The number of hydrogen-bond acceptors (Lipinski definition) is 6. The van der Waals surface area contributed by atoms with Crippen molar-refractivity contribution >= 4 is 39.7 Å². The number of carbonyl (C=O) groups excluding carboxylic acids is 2. The van der Waals surface area contributed by atoms with Crippen molar-refractivity contribution in [2.75, 3.05) is 6.61 Å². The maximum atomic E-state index is 12.5. The van der Waals surface area contributed by atoms with Gasteiger partial charge in [0.25, 0.3) is 0 Å². The molecule has 1 aliphatic carbocycles. The average Bonchev–Trinajstić information content (AvgIpc) is 3.23. The maximum absolute atomic E-state index is 12.5. The molecule has 0 saturated carbocycles. The Bertz CT molecular complexity index is 956. The van der Waals surface area contributed by atoms with E-state index < -0.39 is 5.97 Å². The van der Waals surface area contributed by atoms with Gasteiger partial charge < -0.3 is 9.47 Å². The first-order valence-electron chi connectivity index (χ1n) is 9.07. The van der Waals surface area contributed by atoms with Gasteiger partial charge in [-0.25, -0.2) is 14.6 Å². The molecule has 0 fully saturated rings. The number of cyclic esters (lactones) is 1. The van der Waals surface area contributed by atoms with Crippen LogP contribution in [0, 0.1) is 0 Å². The summed E-state index contributed by atoms with van der Waals surface area (Å²) in [5, 5.41) is 0.540. The first-order chi connectivity index (χ1) is 13.2. The lowest BCUT2D eigenvalue weighted by Gasteiger charge is -2.11. The Kier molecular flexibility index (Phi) is 4.90. The van der Waals surface area contributed by atoms with Crippen LogP contribution in [0.2, 0.25) is 0 Å². The van der Waals surface area contributed by atoms with Gasteiger partial charge >= 0.3 is 11.9 Å². The quantitative estimate of drug-likeness (QED) is 0.733. The van der Waals surface area contributed by atoms with E-state index in [9.17, 15) is 9.59 Å². The third-order valence-electron chi connectivity index (χ3n) is 4.59. The van der Waals surface area contributed by atoms with Crippen LogP contribution >= 0.6 is 11.3 Å². The molecular weight excluding hydrogens is 362 g/mol. The van der Waals surface area contributed by atoms with E-state index in [0.29, 0.717) is 22.9 Å². The van der Waals surface area contributed by atoms with Gasteiger partial charge in [0.1, 0.15) is 10.8 Å². The van der Waals surface area contributed by atoms with Crippen molar-refractivity contribution < 1.29 is 19.1 Å². The van der Waals surface area contributed by atoms with Crippen molar-refractivity contribution in [1.29, 1.82) is 0 Å². The third kappa shape index (κ3) is 3.45. The van der Waals surface area contributed by atoms with Crippen molar-refractivity contribution in [2.45, 2.75) is 32.6 Å². The predicted molar refractivity (Wildman–Crippen MR) is 105 cm³/mol. The zero-order valence-corrected chi connectivity index (χ0v) is 15.8. The fraction of sp³-hybridized carbons (Fsp3) is 0.286. The summed E-state index contributed by atoms with van der Waals surface area (Å²) in [6.07, 6.45) is 5.57. The minimum atomic E-state index is -0.505. The highest BCUT2D eigenvalue weighted by Gasteiger charge is 2.29. The van der Waals surface area contributed by atoms with Crippen LogP contribution in [0.5, 0.6) is 0 Å². The molecule has 0 unspecified atom stereocenters. The number of hydrogen-bond donors (Lipinski definition) is 0. The van der Waals surface area contributed by atoms with E-state index in [4.69, 9.17) is 9.47 Å². The van der Waals surface area contributed by atoms with Crippen molar-refractivity contribution in [2.24, 2.45) is 4.99 Å². The minimum Gasteiger partial charge on any atom is -0.462 e. The van der Waals surface area contributed by atoms with Gasteiger partial charge in [-0.2, -0.15) is 0 Å². The van der Waals surface area contributed by atoms with Crippen LogP contribution in [0.4, 0.5) is 5.00 Å². The van der Waals surface area contributed by atoms with E-state index in [-0.39, 0.29) is 11.7 Å². The summed E-state index contributed by atoms with van der Waals surface area (Å²) in [5.74, 6) is -0.400. The van der Waals surface area contributed by atoms with E-state index in [0.717, 1.165) is 36.8 Å². The molecule has 1 aromatic carbocycles. The number of aliphatic imine (C=N–C) groups is 1. The first-order valence-corrected chi connectivity index (χ1v) is 9.88. The summed E-state index contributed by atoms with van der Waals surface area (Å²) in [5.41, 5.74) is 2.56. The highest BCUT2D eigenvalue weighted by Crippen LogP contribution is 2.41. The Hall–Kier alpha value is -2.73. The Labute approximate surface area is 161 Å². The summed E-state index contributed by atoms with van der Waals surface area (Å²) in [4.78, 5) is 30.5. The molecule has 0 radical (unpaired) electrons. The van der Waals surface area contributed by atoms with Gasteiger partial charge in [0.05, 0.1) is 12.2 Å². The maximum Gasteiger partial charge on any atom is 0.362 e. The summed E-state index contributed by atoms with van der Waals surface area (Å²) in [6.45, 7) is 2.09. The number of fused-ring (bicyclic) bond motifs is 1. The molecule has 0 amide bonds. The lowest BCUT2D eigenvalue weighted by molar-refractivity contribution is -0.128. The lowest BCUT2D eigenvalue weighted by Crippen LogP contribution is -2.10. The lowest BCUT2D eigenvalue weighted by atomic mass is 9.95. The van der Waals surface area contributed by atoms with Crippen molar-refractivity contribution in [1.82, 2.24) is 0 Å². The number of nitrogens with zero attached hydrogens (tertiary/aromatic N) is 1. The molecule has 0 saturated heterocycles. The van der Waals surface area contributed by atoms with Gasteiger partial charge in [0.15, 0.2) is 5.71 Å². The Morgan fingerprint density at radius 2 is 2.00 bits per heavy atom. The molecule has 0 N–H and O–H groups in total. The summed E-state index contributed by atoms with van der Waals surface area (Å²) in [7, 11) is 0. The fourth-order valence-electron chi connectivity index (χ4n) is 3.34. The SMILES string of the molecule is CCOC(=O)c1c(/N=C2\C=C(c3ccccc3)OC2=O)sc2c1CCCC2. The average molecular weight is 381 g/mol. The molecule has 0 atom stereocenters. The number of ether oxygens (including phenoxy) is 2. The summed E-state index contributed by atoms with van der Waals surface area (Å²) in [6, 6.07) is 9.40. The Morgan fingerprint density at radius 3 is 2.78 bits per heavy atom. The van der Waals surface area contributed by atoms with Gasteiger partial charge in [-0.1, -0.05) is 30.3 Å². The predicted octanol–water partition coefficient (Wildman–Crippen LogP) is 4.47. The molecule has 6 heteroatoms. The fourth-order valence-corrected chi connectivity index (χ4v) is 4.60. The number of benzene rings is 1. The number of esters is 2. The first kappa shape index (κ1) is 17.7. The molecule has 0 bridgehead atoms. The van der Waals surface area contributed by atoms with Crippen molar-refractivity contribution in [3.8, 4) is 0 Å². The summed E-state index contributed by atoms with van der Waals surface area (Å²) >= 11 is 1.48. The minimum absolute atomic E-state index is 0.206. The Balaban J connectivity index is 1.75. The normalized spacial score (nSPS) is 17.4. The zero-order chi connectivity index (χ0) is 18.8. The van der Waals surface area contributed by atoms with E-state index in [1.54, 1.807) is 13.0 Å². The number of thiophene rings is 1. The van der Waals surface area contributed by atoms with Gasteiger partial charge in [-0.3, -0.25) is 0 Å². The van der Waals surface area contributed by atoms with Crippen LogP contribution in [-0.2, 0) is 27.1 Å². The second-order valence-corrected chi connectivity index (χ2v) is 7.46. The van der Waals surface area contributed by atoms with E-state index in [2.05, 4.69) is 4.99 Å². The van der Waals surface area contributed by atoms with Gasteiger partial charge in [-0.05, 0) is 38.2 Å². The molecule has 2 heterocycles. The second-order valence-electron chi connectivity index (χ2n) is 6.37. The highest BCUT2D eigenvalue weighted by atomic mass is 32.1. The largest absolute Gasteiger partial charge is 0.462 e. The number of carbonyl (C=O) groups is 2. The molecule has 27 heavy (non-hydrogen) atoms. The van der Waals surface area contributed by atoms with Crippen LogP contribution in [-0.4, -0.2) is 24.3 Å². The van der Waals surface area contributed by atoms with Gasteiger partial charge in [-0.15, -0.1) is 11.3 Å². The van der Waals surface area contributed by atoms with Gasteiger partial charge in [0, 0.05) is 16.5 Å². The van der Waals surface area contributed by atoms with Crippen LogP contribution in [0.1, 0.15) is 46.1 Å². The number of rotatable bonds is 4. The van der Waals surface area contributed by atoms with Crippen LogP contribution < -0.4 is 0 Å². The standard InChI is InChI=1S/C21H19NO4S/c1-2-25-21(24)18-14-10-6-7-11-17(14)27-19(18)22-15-12-16(26-20(15)23)13-8-4-3-5-9-13/h3-5,8-9,12H,2,6-7,10-11H2,1H3/b22-15+. The molecule has 1 aromatic heterocycles. The van der Waals surface area contributed by atoms with Crippen molar-refractivity contribution in [3.05, 3.63) is 58.0 Å². The molecule has 1 aliphatic heterocycles. The molecule has 138 valence electrons. The van der Waals surface area contributed by atoms with Crippen LogP contribution in [0.3, 0.4) is 0 Å². The van der Waals surface area contributed by atoms with Crippen molar-refractivity contribution in [3.63, 3.8) is 0 Å².